The number of rotatable bonds is 4. The van der Waals surface area contributed by atoms with E-state index < -0.39 is 0 Å². The number of anilines is 1. The number of aromatic hydroxyl groups is 1. The maximum absolute atomic E-state index is 9.82. The molecular weight excluding hydrogens is 334 g/mol. The molecule has 0 atom stereocenters. The highest BCUT2D eigenvalue weighted by molar-refractivity contribution is 9.10. The highest BCUT2D eigenvalue weighted by Gasteiger charge is 2.05. The molecule has 3 N–H and O–H groups in total. The fourth-order valence-electron chi connectivity index (χ4n) is 1.95. The number of phenols is 1. The summed E-state index contributed by atoms with van der Waals surface area (Å²) in [5.74, 6) is 0.809. The van der Waals surface area contributed by atoms with E-state index in [1.807, 2.05) is 30.3 Å². The van der Waals surface area contributed by atoms with E-state index in [-0.39, 0.29) is 5.75 Å². The number of aromatic nitrogens is 4. The molecular formula is C14H12BrN5O. The van der Waals surface area contributed by atoms with E-state index in [1.54, 1.807) is 12.1 Å². The minimum Gasteiger partial charge on any atom is -0.508 e. The van der Waals surface area contributed by atoms with Crippen LogP contribution in [0.3, 0.4) is 0 Å². The number of nitrogens with one attached hydrogen (secondary N) is 2. The average Bonchev–Trinajstić information content (AvgIpc) is 3.03. The number of tetrazole rings is 1. The molecule has 6 nitrogen and oxygen atoms in total. The lowest BCUT2D eigenvalue weighted by Gasteiger charge is -2.09. The van der Waals surface area contributed by atoms with Crippen LogP contribution in [0.15, 0.2) is 46.9 Å². The maximum atomic E-state index is 9.82. The van der Waals surface area contributed by atoms with Gasteiger partial charge in [-0.1, -0.05) is 28.1 Å². The summed E-state index contributed by atoms with van der Waals surface area (Å²) in [6.07, 6.45) is 0. The van der Waals surface area contributed by atoms with Gasteiger partial charge in [-0.25, -0.2) is 0 Å². The number of benzene rings is 2. The third-order valence-corrected chi connectivity index (χ3v) is 3.48. The minimum atomic E-state index is 0.264. The number of nitrogens with zero attached hydrogens (tertiary/aromatic N) is 3. The molecule has 0 aliphatic heterocycles. The van der Waals surface area contributed by atoms with Crippen LogP contribution < -0.4 is 5.32 Å². The van der Waals surface area contributed by atoms with E-state index in [2.05, 4.69) is 41.9 Å². The van der Waals surface area contributed by atoms with Crippen LogP contribution in [0.5, 0.6) is 5.75 Å². The molecule has 7 heteroatoms. The summed E-state index contributed by atoms with van der Waals surface area (Å²) >= 11 is 3.39. The maximum Gasteiger partial charge on any atom is 0.204 e. The van der Waals surface area contributed by atoms with E-state index in [0.717, 1.165) is 21.3 Å². The second-order valence-electron chi connectivity index (χ2n) is 4.44. The molecule has 3 aromatic rings. The zero-order chi connectivity index (χ0) is 14.7. The molecule has 0 unspecified atom stereocenters. The van der Waals surface area contributed by atoms with Gasteiger partial charge in [0.15, 0.2) is 0 Å². The smallest absolute Gasteiger partial charge is 0.204 e. The van der Waals surface area contributed by atoms with Gasteiger partial charge in [0.2, 0.25) is 5.82 Å². The van der Waals surface area contributed by atoms with Crippen LogP contribution in [-0.4, -0.2) is 25.7 Å². The first kappa shape index (κ1) is 13.6. The zero-order valence-electron chi connectivity index (χ0n) is 10.9. The van der Waals surface area contributed by atoms with Crippen LogP contribution in [0.4, 0.5) is 5.69 Å². The Hall–Kier alpha value is -2.41. The first-order valence-corrected chi connectivity index (χ1v) is 7.07. The Kier molecular flexibility index (Phi) is 3.83. The highest BCUT2D eigenvalue weighted by Crippen LogP contribution is 2.24. The molecule has 0 radical (unpaired) electrons. The van der Waals surface area contributed by atoms with Crippen LogP contribution in [0.1, 0.15) is 5.56 Å². The molecule has 0 bridgehead atoms. The molecule has 0 aliphatic rings. The first-order valence-electron chi connectivity index (χ1n) is 6.27. The third kappa shape index (κ3) is 3.19. The lowest BCUT2D eigenvalue weighted by molar-refractivity contribution is 0.469. The van der Waals surface area contributed by atoms with Gasteiger partial charge in [0, 0.05) is 27.8 Å². The van der Waals surface area contributed by atoms with Gasteiger partial charge in [-0.15, -0.1) is 10.2 Å². The molecule has 3 rings (SSSR count). The van der Waals surface area contributed by atoms with E-state index >= 15 is 0 Å². The average molecular weight is 346 g/mol. The van der Waals surface area contributed by atoms with Crippen LogP contribution in [0, 0.1) is 0 Å². The van der Waals surface area contributed by atoms with Gasteiger partial charge >= 0.3 is 0 Å². The summed E-state index contributed by atoms with van der Waals surface area (Å²) in [6.45, 7) is 0.515. The van der Waals surface area contributed by atoms with Crippen molar-refractivity contribution in [3.63, 3.8) is 0 Å². The van der Waals surface area contributed by atoms with E-state index in [9.17, 15) is 5.11 Å². The van der Waals surface area contributed by atoms with Crippen molar-refractivity contribution < 1.29 is 5.11 Å². The van der Waals surface area contributed by atoms with Crippen LogP contribution in [-0.2, 0) is 6.54 Å². The third-order valence-electron chi connectivity index (χ3n) is 2.99. The Bertz CT molecular complexity index is 745. The number of aromatic amines is 1. The van der Waals surface area contributed by atoms with Gasteiger partial charge in [-0.3, -0.25) is 0 Å². The van der Waals surface area contributed by atoms with Gasteiger partial charge < -0.3 is 10.4 Å². The SMILES string of the molecule is Oc1ccc(Br)cc1CNc1cccc(-c2nn[nH]n2)c1. The molecule has 2 aromatic carbocycles. The van der Waals surface area contributed by atoms with Crippen LogP contribution in [0.2, 0.25) is 0 Å². The molecule has 0 spiro atoms. The molecule has 21 heavy (non-hydrogen) atoms. The van der Waals surface area contributed by atoms with Gasteiger partial charge in [-0.05, 0) is 35.5 Å². The molecule has 1 aromatic heterocycles. The predicted molar refractivity (Wildman–Crippen MR) is 82.7 cm³/mol. The number of phenolic OH excluding ortho intramolecular Hbond substituents is 1. The molecule has 0 saturated heterocycles. The van der Waals surface area contributed by atoms with Gasteiger partial charge in [0.05, 0.1) is 0 Å². The topological polar surface area (TPSA) is 86.7 Å². The highest BCUT2D eigenvalue weighted by atomic mass is 79.9. The fourth-order valence-corrected chi connectivity index (χ4v) is 2.35. The van der Waals surface area contributed by atoms with Crippen molar-refractivity contribution in [2.24, 2.45) is 0 Å². The second kappa shape index (κ2) is 5.92. The van der Waals surface area contributed by atoms with Crippen molar-refractivity contribution in [3.05, 3.63) is 52.5 Å². The Morgan fingerprint density at radius 1 is 1.19 bits per heavy atom. The normalized spacial score (nSPS) is 10.5. The fraction of sp³-hybridized carbons (Fsp3) is 0.0714. The molecule has 106 valence electrons. The van der Waals surface area contributed by atoms with Crippen LogP contribution >= 0.6 is 15.9 Å². The van der Waals surface area contributed by atoms with Gasteiger partial charge in [0.25, 0.3) is 0 Å². The molecule has 1 heterocycles. The first-order chi connectivity index (χ1) is 10.2. The Labute approximate surface area is 129 Å². The lowest BCUT2D eigenvalue weighted by Crippen LogP contribution is -2.00. The Balaban J connectivity index is 1.76. The van der Waals surface area contributed by atoms with E-state index in [1.165, 1.54) is 0 Å². The quantitative estimate of drug-likeness (QED) is 0.676. The molecule has 0 fully saturated rings. The van der Waals surface area contributed by atoms with Crippen molar-refractivity contribution in [3.8, 4) is 17.1 Å². The number of hydrogen-bond donors (Lipinski definition) is 3. The summed E-state index contributed by atoms with van der Waals surface area (Å²) < 4.78 is 0.928. The number of H-pyrrole nitrogens is 1. The summed E-state index contributed by atoms with van der Waals surface area (Å²) in [5, 5.41) is 27.0. The van der Waals surface area contributed by atoms with Crippen molar-refractivity contribution in [2.75, 3.05) is 5.32 Å². The largest absolute Gasteiger partial charge is 0.508 e. The minimum absolute atomic E-state index is 0.264. The predicted octanol–water partition coefficient (Wildman–Crippen LogP) is 2.95. The van der Waals surface area contributed by atoms with Gasteiger partial charge in [-0.2, -0.15) is 5.21 Å². The Morgan fingerprint density at radius 2 is 2.10 bits per heavy atom. The number of hydrogen-bond acceptors (Lipinski definition) is 5. The lowest BCUT2D eigenvalue weighted by atomic mass is 10.1. The summed E-state index contributed by atoms with van der Waals surface area (Å²) in [4.78, 5) is 0. The van der Waals surface area contributed by atoms with Crippen molar-refractivity contribution in [2.45, 2.75) is 6.54 Å². The number of halogens is 1. The summed E-state index contributed by atoms with van der Waals surface area (Å²) in [7, 11) is 0. The van der Waals surface area contributed by atoms with Crippen LogP contribution in [0.25, 0.3) is 11.4 Å². The van der Waals surface area contributed by atoms with Crippen molar-refractivity contribution in [1.29, 1.82) is 0 Å². The standard InChI is InChI=1S/C14H12BrN5O/c15-11-4-5-13(21)10(6-11)8-16-12-3-1-2-9(7-12)14-17-19-20-18-14/h1-7,16,21H,8H2,(H,17,18,19,20). The molecule has 0 saturated carbocycles. The van der Waals surface area contributed by atoms with E-state index in [0.29, 0.717) is 12.4 Å². The van der Waals surface area contributed by atoms with E-state index in [4.69, 9.17) is 0 Å². The zero-order valence-corrected chi connectivity index (χ0v) is 12.5. The summed E-state index contributed by atoms with van der Waals surface area (Å²) in [5.41, 5.74) is 2.60. The van der Waals surface area contributed by atoms with Crippen molar-refractivity contribution >= 4 is 21.6 Å². The Morgan fingerprint density at radius 3 is 2.90 bits per heavy atom. The summed E-state index contributed by atoms with van der Waals surface area (Å²) in [6, 6.07) is 13.0. The van der Waals surface area contributed by atoms with Gasteiger partial charge in [0.1, 0.15) is 5.75 Å². The monoisotopic (exact) mass is 345 g/mol. The van der Waals surface area contributed by atoms with Crippen molar-refractivity contribution in [1.82, 2.24) is 20.6 Å². The molecule has 0 amide bonds. The second-order valence-corrected chi connectivity index (χ2v) is 5.36. The molecule has 0 aliphatic carbocycles.